The van der Waals surface area contributed by atoms with Crippen molar-refractivity contribution in [2.24, 2.45) is 0 Å². The molecule has 1 aromatic rings. The average Bonchev–Trinajstić information content (AvgIpc) is 2.87. The highest BCUT2D eigenvalue weighted by molar-refractivity contribution is 5.94. The van der Waals surface area contributed by atoms with Crippen LogP contribution in [0.1, 0.15) is 30.3 Å². The highest BCUT2D eigenvalue weighted by Gasteiger charge is 2.11. The lowest BCUT2D eigenvalue weighted by Crippen LogP contribution is -2.40. The number of aliphatic hydroxyl groups excluding tert-OH is 1. The SMILES string of the molecule is CC(CCCO)NC(=O)CNC(=O)c1ccco1. The molecule has 0 aliphatic rings. The first-order chi connectivity index (χ1) is 8.63. The number of amides is 2. The summed E-state index contributed by atoms with van der Waals surface area (Å²) in [5.41, 5.74) is 0. The topological polar surface area (TPSA) is 91.6 Å². The molecule has 6 heteroatoms. The third-order valence-electron chi connectivity index (χ3n) is 2.36. The van der Waals surface area contributed by atoms with E-state index in [-0.39, 0.29) is 30.9 Å². The molecule has 0 radical (unpaired) electrons. The maximum absolute atomic E-state index is 11.5. The van der Waals surface area contributed by atoms with Crippen LogP contribution in [0.4, 0.5) is 0 Å². The van der Waals surface area contributed by atoms with Crippen LogP contribution in [0, 0.1) is 0 Å². The highest BCUT2D eigenvalue weighted by Crippen LogP contribution is 1.98. The summed E-state index contributed by atoms with van der Waals surface area (Å²) < 4.78 is 4.89. The van der Waals surface area contributed by atoms with Gasteiger partial charge in [0.25, 0.3) is 5.91 Å². The third kappa shape index (κ3) is 5.01. The molecule has 1 aromatic heterocycles. The van der Waals surface area contributed by atoms with Crippen molar-refractivity contribution in [1.29, 1.82) is 0 Å². The number of carbonyl (C=O) groups excluding carboxylic acids is 2. The quantitative estimate of drug-likeness (QED) is 0.652. The van der Waals surface area contributed by atoms with Gasteiger partial charge in [-0.05, 0) is 31.9 Å². The van der Waals surface area contributed by atoms with Crippen molar-refractivity contribution < 1.29 is 19.1 Å². The van der Waals surface area contributed by atoms with Gasteiger partial charge >= 0.3 is 0 Å². The van der Waals surface area contributed by atoms with Gasteiger partial charge in [0.1, 0.15) is 0 Å². The maximum atomic E-state index is 11.5. The highest BCUT2D eigenvalue weighted by atomic mass is 16.3. The van der Waals surface area contributed by atoms with Crippen molar-refractivity contribution in [3.8, 4) is 0 Å². The molecule has 1 unspecified atom stereocenters. The van der Waals surface area contributed by atoms with Gasteiger partial charge in [0.05, 0.1) is 12.8 Å². The Balaban J connectivity index is 2.22. The van der Waals surface area contributed by atoms with Crippen molar-refractivity contribution in [2.75, 3.05) is 13.2 Å². The second-order valence-corrected chi connectivity index (χ2v) is 3.99. The molecule has 100 valence electrons. The van der Waals surface area contributed by atoms with Crippen LogP contribution in [0.25, 0.3) is 0 Å². The molecule has 0 aliphatic heterocycles. The molecular formula is C12H18N2O4. The van der Waals surface area contributed by atoms with E-state index in [9.17, 15) is 9.59 Å². The summed E-state index contributed by atoms with van der Waals surface area (Å²) in [7, 11) is 0. The van der Waals surface area contributed by atoms with Gasteiger partial charge in [0, 0.05) is 12.6 Å². The van der Waals surface area contributed by atoms with Gasteiger partial charge in [-0.3, -0.25) is 9.59 Å². The van der Waals surface area contributed by atoms with Crippen LogP contribution in [0.3, 0.4) is 0 Å². The zero-order valence-corrected chi connectivity index (χ0v) is 10.3. The van der Waals surface area contributed by atoms with Crippen LogP contribution < -0.4 is 10.6 Å². The van der Waals surface area contributed by atoms with E-state index in [1.165, 1.54) is 12.3 Å². The fourth-order valence-electron chi connectivity index (χ4n) is 1.45. The Morgan fingerprint density at radius 3 is 2.89 bits per heavy atom. The average molecular weight is 254 g/mol. The molecule has 0 bridgehead atoms. The number of nitrogens with one attached hydrogen (secondary N) is 2. The van der Waals surface area contributed by atoms with Crippen LogP contribution in [0.5, 0.6) is 0 Å². The minimum Gasteiger partial charge on any atom is -0.459 e. The van der Waals surface area contributed by atoms with Crippen LogP contribution in [-0.4, -0.2) is 36.1 Å². The van der Waals surface area contributed by atoms with Gasteiger partial charge in [0.15, 0.2) is 5.76 Å². The van der Waals surface area contributed by atoms with Gasteiger partial charge in [-0.25, -0.2) is 0 Å². The lowest BCUT2D eigenvalue weighted by molar-refractivity contribution is -0.120. The number of aliphatic hydroxyl groups is 1. The fraction of sp³-hybridized carbons (Fsp3) is 0.500. The number of carbonyl (C=O) groups is 2. The van der Waals surface area contributed by atoms with Crippen molar-refractivity contribution in [2.45, 2.75) is 25.8 Å². The molecule has 0 spiro atoms. The molecule has 1 atom stereocenters. The van der Waals surface area contributed by atoms with E-state index in [2.05, 4.69) is 10.6 Å². The van der Waals surface area contributed by atoms with Crippen molar-refractivity contribution in [1.82, 2.24) is 10.6 Å². The van der Waals surface area contributed by atoms with Gasteiger partial charge in [0.2, 0.25) is 5.91 Å². The first-order valence-electron chi connectivity index (χ1n) is 5.85. The monoisotopic (exact) mass is 254 g/mol. The summed E-state index contributed by atoms with van der Waals surface area (Å²) in [6, 6.07) is 3.11. The van der Waals surface area contributed by atoms with Crippen molar-refractivity contribution in [3.05, 3.63) is 24.2 Å². The third-order valence-corrected chi connectivity index (χ3v) is 2.36. The van der Waals surface area contributed by atoms with Gasteiger partial charge < -0.3 is 20.2 Å². The van der Waals surface area contributed by atoms with E-state index in [1.54, 1.807) is 6.07 Å². The Bertz CT molecular complexity index is 375. The molecule has 0 saturated heterocycles. The number of furan rings is 1. The van der Waals surface area contributed by atoms with E-state index >= 15 is 0 Å². The molecule has 0 aliphatic carbocycles. The predicted molar refractivity (Wildman–Crippen MR) is 65.0 cm³/mol. The summed E-state index contributed by atoms with van der Waals surface area (Å²) in [6.07, 6.45) is 2.74. The fourth-order valence-corrected chi connectivity index (χ4v) is 1.45. The lowest BCUT2D eigenvalue weighted by Gasteiger charge is -2.13. The van der Waals surface area contributed by atoms with Crippen molar-refractivity contribution in [3.63, 3.8) is 0 Å². The van der Waals surface area contributed by atoms with E-state index in [1.807, 2.05) is 6.92 Å². The minimum absolute atomic E-state index is 0.0230. The standard InChI is InChI=1S/C12H18N2O4/c1-9(4-2-6-15)14-11(16)8-13-12(17)10-5-3-7-18-10/h3,5,7,9,15H,2,4,6,8H2,1H3,(H,13,17)(H,14,16). The Labute approximate surface area is 105 Å². The first kappa shape index (κ1) is 14.2. The van der Waals surface area contributed by atoms with Gasteiger partial charge in [-0.1, -0.05) is 0 Å². The molecule has 18 heavy (non-hydrogen) atoms. The van der Waals surface area contributed by atoms with Gasteiger partial charge in [-0.15, -0.1) is 0 Å². The van der Waals surface area contributed by atoms with Crippen LogP contribution >= 0.6 is 0 Å². The van der Waals surface area contributed by atoms with Crippen LogP contribution in [0.2, 0.25) is 0 Å². The molecule has 6 nitrogen and oxygen atoms in total. The summed E-state index contributed by atoms with van der Waals surface area (Å²) in [4.78, 5) is 22.9. The number of hydrogen-bond acceptors (Lipinski definition) is 4. The molecule has 1 rings (SSSR count). The first-order valence-corrected chi connectivity index (χ1v) is 5.85. The van der Waals surface area contributed by atoms with E-state index in [0.717, 1.165) is 0 Å². The van der Waals surface area contributed by atoms with E-state index in [4.69, 9.17) is 9.52 Å². The molecule has 3 N–H and O–H groups in total. The second kappa shape index (κ2) is 7.50. The molecule has 0 saturated carbocycles. The summed E-state index contributed by atoms with van der Waals surface area (Å²) in [6.45, 7) is 1.86. The zero-order chi connectivity index (χ0) is 13.4. The predicted octanol–water partition coefficient (Wildman–Crippen LogP) is 0.287. The largest absolute Gasteiger partial charge is 0.459 e. The number of hydrogen-bond donors (Lipinski definition) is 3. The summed E-state index contributed by atoms with van der Waals surface area (Å²) >= 11 is 0. The normalized spacial score (nSPS) is 11.9. The Morgan fingerprint density at radius 1 is 1.50 bits per heavy atom. The summed E-state index contributed by atoms with van der Waals surface area (Å²) in [5, 5.41) is 13.8. The zero-order valence-electron chi connectivity index (χ0n) is 10.3. The number of rotatable bonds is 7. The van der Waals surface area contributed by atoms with Crippen molar-refractivity contribution >= 4 is 11.8 Å². The molecule has 2 amide bonds. The van der Waals surface area contributed by atoms with Gasteiger partial charge in [-0.2, -0.15) is 0 Å². The Kier molecular flexibility index (Phi) is 5.93. The minimum atomic E-state index is -0.418. The lowest BCUT2D eigenvalue weighted by atomic mass is 10.2. The van der Waals surface area contributed by atoms with E-state index < -0.39 is 5.91 Å². The molecule has 0 aromatic carbocycles. The summed E-state index contributed by atoms with van der Waals surface area (Å²) in [5.74, 6) is -0.505. The van der Waals surface area contributed by atoms with Crippen LogP contribution in [0.15, 0.2) is 22.8 Å². The smallest absolute Gasteiger partial charge is 0.287 e. The molecule has 1 heterocycles. The second-order valence-electron chi connectivity index (χ2n) is 3.99. The maximum Gasteiger partial charge on any atom is 0.287 e. The molecular weight excluding hydrogens is 236 g/mol. The molecule has 0 fully saturated rings. The van der Waals surface area contributed by atoms with E-state index in [0.29, 0.717) is 12.8 Å². The Morgan fingerprint density at radius 2 is 2.28 bits per heavy atom. The van der Waals surface area contributed by atoms with Crippen LogP contribution in [-0.2, 0) is 4.79 Å². The Hall–Kier alpha value is -1.82.